The number of nitrogens with one attached hydrogen (secondary N) is 2. The number of nitrogens with zero attached hydrogens (tertiary/aromatic N) is 1. The monoisotopic (exact) mass is 351 g/mol. The minimum atomic E-state index is -0.615. The van der Waals surface area contributed by atoms with E-state index in [0.717, 1.165) is 35.7 Å². The highest BCUT2D eigenvalue weighted by Gasteiger charge is 2.45. The quantitative estimate of drug-likeness (QED) is 0.858. The van der Waals surface area contributed by atoms with Gasteiger partial charge in [-0.1, -0.05) is 29.8 Å². The standard InChI is InChI=1S/C21H25N3O2/c1-15-9-10-19(16(2)14-15)26-13-11-21(24-12-5-8-20(24)25)22-17-6-3-4-7-18(17)23-21/h3-4,6-7,9-10,14,22-23H,5,8,11-13H2,1-2H3. The highest BCUT2D eigenvalue weighted by molar-refractivity contribution is 5.83. The summed E-state index contributed by atoms with van der Waals surface area (Å²) < 4.78 is 6.05. The van der Waals surface area contributed by atoms with Crippen LogP contribution in [0.5, 0.6) is 5.75 Å². The molecule has 2 aliphatic heterocycles. The summed E-state index contributed by atoms with van der Waals surface area (Å²) in [5.41, 5.74) is 4.41. The van der Waals surface area contributed by atoms with E-state index in [1.165, 1.54) is 5.56 Å². The number of hydrogen-bond acceptors (Lipinski definition) is 4. The van der Waals surface area contributed by atoms with Crippen molar-refractivity contribution in [3.8, 4) is 5.75 Å². The molecule has 1 saturated heterocycles. The van der Waals surface area contributed by atoms with Crippen molar-refractivity contribution in [3.05, 3.63) is 53.6 Å². The maximum Gasteiger partial charge on any atom is 0.225 e. The number of hydrogen-bond donors (Lipinski definition) is 2. The molecule has 0 aromatic heterocycles. The van der Waals surface area contributed by atoms with Gasteiger partial charge < -0.3 is 20.3 Å². The lowest BCUT2D eigenvalue weighted by molar-refractivity contribution is -0.131. The van der Waals surface area contributed by atoms with E-state index in [2.05, 4.69) is 36.6 Å². The van der Waals surface area contributed by atoms with Gasteiger partial charge in [0.1, 0.15) is 5.75 Å². The molecule has 0 aliphatic carbocycles. The van der Waals surface area contributed by atoms with Crippen LogP contribution in [-0.2, 0) is 4.79 Å². The average Bonchev–Trinajstić information content (AvgIpc) is 3.20. The first-order valence-electron chi connectivity index (χ1n) is 9.23. The summed E-state index contributed by atoms with van der Waals surface area (Å²) in [5.74, 6) is 0.467. The molecule has 2 aliphatic rings. The number of fused-ring (bicyclic) bond motifs is 1. The van der Waals surface area contributed by atoms with Crippen molar-refractivity contribution in [3.63, 3.8) is 0 Å². The first kappa shape index (κ1) is 16.8. The van der Waals surface area contributed by atoms with Crippen LogP contribution in [0, 0.1) is 13.8 Å². The van der Waals surface area contributed by atoms with Gasteiger partial charge in [-0.3, -0.25) is 4.79 Å². The summed E-state index contributed by atoms with van der Waals surface area (Å²) in [6, 6.07) is 14.3. The van der Waals surface area contributed by atoms with E-state index in [0.29, 0.717) is 19.4 Å². The van der Waals surface area contributed by atoms with Crippen molar-refractivity contribution in [1.29, 1.82) is 0 Å². The van der Waals surface area contributed by atoms with Crippen molar-refractivity contribution in [2.24, 2.45) is 0 Å². The highest BCUT2D eigenvalue weighted by atomic mass is 16.5. The van der Waals surface area contributed by atoms with Gasteiger partial charge in [-0.15, -0.1) is 0 Å². The Morgan fingerprint density at radius 3 is 2.46 bits per heavy atom. The van der Waals surface area contributed by atoms with Gasteiger partial charge in [-0.2, -0.15) is 0 Å². The fourth-order valence-electron chi connectivity index (χ4n) is 3.89. The number of para-hydroxylation sites is 2. The minimum Gasteiger partial charge on any atom is -0.493 e. The molecule has 0 saturated carbocycles. The highest BCUT2D eigenvalue weighted by Crippen LogP contribution is 2.39. The second-order valence-corrected chi connectivity index (χ2v) is 7.17. The third-order valence-corrected chi connectivity index (χ3v) is 5.20. The van der Waals surface area contributed by atoms with Gasteiger partial charge in [0, 0.05) is 19.4 Å². The summed E-state index contributed by atoms with van der Waals surface area (Å²) in [6.45, 7) is 5.41. The Bertz CT molecular complexity index is 809. The van der Waals surface area contributed by atoms with Crippen molar-refractivity contribution < 1.29 is 9.53 Å². The van der Waals surface area contributed by atoms with Gasteiger partial charge in [0.15, 0.2) is 5.79 Å². The zero-order valence-corrected chi connectivity index (χ0v) is 15.3. The van der Waals surface area contributed by atoms with E-state index < -0.39 is 5.79 Å². The molecule has 2 aromatic rings. The lowest BCUT2D eigenvalue weighted by Crippen LogP contribution is -2.58. The summed E-state index contributed by atoms with van der Waals surface area (Å²) in [5, 5.41) is 7.09. The Morgan fingerprint density at radius 2 is 1.85 bits per heavy atom. The summed E-state index contributed by atoms with van der Waals surface area (Å²) in [7, 11) is 0. The van der Waals surface area contributed by atoms with Crippen LogP contribution in [0.2, 0.25) is 0 Å². The van der Waals surface area contributed by atoms with Gasteiger partial charge in [0.25, 0.3) is 0 Å². The molecular weight excluding hydrogens is 326 g/mol. The molecule has 2 aromatic carbocycles. The summed E-state index contributed by atoms with van der Waals surface area (Å²) >= 11 is 0. The summed E-state index contributed by atoms with van der Waals surface area (Å²) in [4.78, 5) is 14.4. The third kappa shape index (κ3) is 2.98. The summed E-state index contributed by atoms with van der Waals surface area (Å²) in [6.07, 6.45) is 2.17. The third-order valence-electron chi connectivity index (χ3n) is 5.20. The maximum absolute atomic E-state index is 12.4. The van der Waals surface area contributed by atoms with E-state index in [-0.39, 0.29) is 5.91 Å². The van der Waals surface area contributed by atoms with E-state index >= 15 is 0 Å². The molecule has 2 N–H and O–H groups in total. The van der Waals surface area contributed by atoms with Crippen LogP contribution in [0.4, 0.5) is 11.4 Å². The van der Waals surface area contributed by atoms with Crippen LogP contribution < -0.4 is 15.4 Å². The topological polar surface area (TPSA) is 53.6 Å². The first-order valence-corrected chi connectivity index (χ1v) is 9.23. The lowest BCUT2D eigenvalue weighted by atomic mass is 10.1. The van der Waals surface area contributed by atoms with E-state index in [1.807, 2.05) is 35.2 Å². The van der Waals surface area contributed by atoms with Crippen LogP contribution in [0.15, 0.2) is 42.5 Å². The number of carbonyl (C=O) groups is 1. The maximum atomic E-state index is 12.4. The smallest absolute Gasteiger partial charge is 0.225 e. The second-order valence-electron chi connectivity index (χ2n) is 7.17. The predicted octanol–water partition coefficient (Wildman–Crippen LogP) is 3.89. The number of carbonyl (C=O) groups excluding carboxylic acids is 1. The number of likely N-dealkylation sites (tertiary alicyclic amines) is 1. The number of ether oxygens (including phenoxy) is 1. The fraction of sp³-hybridized carbons (Fsp3) is 0.381. The molecule has 2 heterocycles. The molecule has 0 spiro atoms. The van der Waals surface area contributed by atoms with Crippen LogP contribution >= 0.6 is 0 Å². The van der Waals surface area contributed by atoms with Crippen LogP contribution in [0.1, 0.15) is 30.4 Å². The molecule has 136 valence electrons. The molecule has 5 nitrogen and oxygen atoms in total. The first-order chi connectivity index (χ1) is 12.6. The molecule has 1 fully saturated rings. The van der Waals surface area contributed by atoms with E-state index in [4.69, 9.17) is 4.74 Å². The van der Waals surface area contributed by atoms with Crippen molar-refractivity contribution in [1.82, 2.24) is 4.90 Å². The molecule has 0 unspecified atom stereocenters. The Balaban J connectivity index is 1.52. The van der Waals surface area contributed by atoms with Gasteiger partial charge in [0.05, 0.1) is 18.0 Å². The van der Waals surface area contributed by atoms with Crippen LogP contribution in [0.3, 0.4) is 0 Å². The Morgan fingerprint density at radius 1 is 1.12 bits per heavy atom. The molecule has 1 amide bonds. The number of rotatable bonds is 5. The Kier molecular flexibility index (Phi) is 4.23. The average molecular weight is 351 g/mol. The molecule has 5 heteroatoms. The zero-order chi connectivity index (χ0) is 18.1. The fourth-order valence-corrected chi connectivity index (χ4v) is 3.89. The normalized spacial score (nSPS) is 17.6. The SMILES string of the molecule is Cc1ccc(OCCC2(N3CCCC3=O)Nc3ccccc3N2)c(C)c1. The van der Waals surface area contributed by atoms with Crippen LogP contribution in [-0.4, -0.2) is 29.7 Å². The van der Waals surface area contributed by atoms with E-state index in [9.17, 15) is 4.79 Å². The Hall–Kier alpha value is -2.69. The Labute approximate surface area is 154 Å². The molecule has 4 rings (SSSR count). The number of aryl methyl sites for hydroxylation is 2. The number of benzene rings is 2. The predicted molar refractivity (Wildman–Crippen MR) is 103 cm³/mol. The molecular formula is C21H25N3O2. The van der Waals surface area contributed by atoms with Gasteiger partial charge in [-0.05, 0) is 44.0 Å². The van der Waals surface area contributed by atoms with Gasteiger partial charge >= 0.3 is 0 Å². The van der Waals surface area contributed by atoms with E-state index in [1.54, 1.807) is 0 Å². The van der Waals surface area contributed by atoms with Crippen molar-refractivity contribution in [2.75, 3.05) is 23.8 Å². The van der Waals surface area contributed by atoms with Crippen molar-refractivity contribution in [2.45, 2.75) is 38.9 Å². The number of anilines is 2. The van der Waals surface area contributed by atoms with Crippen molar-refractivity contribution >= 4 is 17.3 Å². The number of amides is 1. The van der Waals surface area contributed by atoms with Crippen LogP contribution in [0.25, 0.3) is 0 Å². The zero-order valence-electron chi connectivity index (χ0n) is 15.3. The van der Waals surface area contributed by atoms with Gasteiger partial charge in [0.2, 0.25) is 5.91 Å². The largest absolute Gasteiger partial charge is 0.493 e. The molecule has 0 atom stereocenters. The molecule has 0 bridgehead atoms. The molecule has 0 radical (unpaired) electrons. The lowest BCUT2D eigenvalue weighted by Gasteiger charge is -2.39. The molecule has 26 heavy (non-hydrogen) atoms. The minimum absolute atomic E-state index is 0.185. The van der Waals surface area contributed by atoms with Gasteiger partial charge in [-0.25, -0.2) is 0 Å². The second kappa shape index (κ2) is 6.56.